The lowest BCUT2D eigenvalue weighted by molar-refractivity contribution is 0.0392. The van der Waals surface area contributed by atoms with Gasteiger partial charge in [-0.05, 0) is 49.7 Å². The largest absolute Gasteiger partial charge is 0.493 e. The number of methoxy groups -OCH3 is 3. The topological polar surface area (TPSA) is 78.5 Å². The molecule has 1 N–H and O–H groups in total. The average molecular weight is 459 g/mol. The van der Waals surface area contributed by atoms with E-state index in [2.05, 4.69) is 17.3 Å². The Bertz CT molecular complexity index is 914. The number of rotatable bonds is 11. The highest BCUT2D eigenvalue weighted by molar-refractivity contribution is 5.98. The Balaban J connectivity index is 1.54. The first-order chi connectivity index (χ1) is 16.1. The standard InChI is InChI=1S/C25H34N2O6/c1-27(19-10-13-32-14-11-19)12-15-33-20-7-5-6-18(16-20)17-26-25(28)21-8-9-22(29-2)24(31-4)23(21)30-3/h5-9,16,19H,10-15,17H2,1-4H3,(H,26,28). The maximum atomic E-state index is 12.8. The predicted octanol–water partition coefficient (Wildman–Crippen LogP) is 3.13. The van der Waals surface area contributed by atoms with Crippen molar-refractivity contribution in [3.63, 3.8) is 0 Å². The van der Waals surface area contributed by atoms with Crippen molar-refractivity contribution in [2.24, 2.45) is 0 Å². The van der Waals surface area contributed by atoms with Crippen LogP contribution in [0.4, 0.5) is 0 Å². The molecule has 0 radical (unpaired) electrons. The SMILES string of the molecule is COc1ccc(C(=O)NCc2cccc(OCCN(C)C3CCOCC3)c2)c(OC)c1OC. The summed E-state index contributed by atoms with van der Waals surface area (Å²) in [5.74, 6) is 1.73. The Morgan fingerprint density at radius 1 is 1.06 bits per heavy atom. The molecule has 0 bridgehead atoms. The fraction of sp³-hybridized carbons (Fsp3) is 0.480. The molecule has 1 fully saturated rings. The van der Waals surface area contributed by atoms with E-state index in [9.17, 15) is 4.79 Å². The Morgan fingerprint density at radius 3 is 2.52 bits per heavy atom. The third-order valence-electron chi connectivity index (χ3n) is 5.83. The summed E-state index contributed by atoms with van der Waals surface area (Å²) >= 11 is 0. The Morgan fingerprint density at radius 2 is 1.82 bits per heavy atom. The van der Waals surface area contributed by atoms with Crippen LogP contribution >= 0.6 is 0 Å². The van der Waals surface area contributed by atoms with Crippen LogP contribution < -0.4 is 24.3 Å². The highest BCUT2D eigenvalue weighted by Crippen LogP contribution is 2.39. The summed E-state index contributed by atoms with van der Waals surface area (Å²) in [6.07, 6.45) is 2.13. The van der Waals surface area contributed by atoms with E-state index in [0.717, 1.165) is 43.9 Å². The maximum Gasteiger partial charge on any atom is 0.255 e. The minimum Gasteiger partial charge on any atom is -0.493 e. The van der Waals surface area contributed by atoms with Gasteiger partial charge in [0.15, 0.2) is 11.5 Å². The van der Waals surface area contributed by atoms with Crippen LogP contribution in [0, 0.1) is 0 Å². The number of carbonyl (C=O) groups is 1. The Kier molecular flexibility index (Phi) is 9.21. The lowest BCUT2D eigenvalue weighted by Crippen LogP contribution is -2.38. The lowest BCUT2D eigenvalue weighted by Gasteiger charge is -2.31. The van der Waals surface area contributed by atoms with Crippen LogP contribution in [-0.2, 0) is 11.3 Å². The zero-order valence-corrected chi connectivity index (χ0v) is 19.9. The molecule has 0 atom stereocenters. The summed E-state index contributed by atoms with van der Waals surface area (Å²) in [5.41, 5.74) is 1.32. The van der Waals surface area contributed by atoms with Crippen LogP contribution in [0.1, 0.15) is 28.8 Å². The minimum absolute atomic E-state index is 0.266. The van der Waals surface area contributed by atoms with Crippen molar-refractivity contribution < 1.29 is 28.5 Å². The van der Waals surface area contributed by atoms with Crippen molar-refractivity contribution in [3.05, 3.63) is 47.5 Å². The number of benzene rings is 2. The monoisotopic (exact) mass is 458 g/mol. The molecule has 0 saturated carbocycles. The van der Waals surface area contributed by atoms with Gasteiger partial charge in [-0.3, -0.25) is 9.69 Å². The van der Waals surface area contributed by atoms with Gasteiger partial charge in [0.25, 0.3) is 5.91 Å². The highest BCUT2D eigenvalue weighted by atomic mass is 16.5. The number of nitrogens with one attached hydrogen (secondary N) is 1. The van der Waals surface area contributed by atoms with Crippen LogP contribution in [0.25, 0.3) is 0 Å². The van der Waals surface area contributed by atoms with Crippen LogP contribution in [0.5, 0.6) is 23.0 Å². The van der Waals surface area contributed by atoms with E-state index in [1.165, 1.54) is 21.3 Å². The summed E-state index contributed by atoms with van der Waals surface area (Å²) in [7, 11) is 6.67. The van der Waals surface area contributed by atoms with Gasteiger partial charge in [-0.2, -0.15) is 0 Å². The molecule has 0 aromatic heterocycles. The van der Waals surface area contributed by atoms with Crippen LogP contribution in [0.2, 0.25) is 0 Å². The van der Waals surface area contributed by atoms with Crippen LogP contribution in [-0.4, -0.2) is 71.6 Å². The maximum absolute atomic E-state index is 12.8. The van der Waals surface area contributed by atoms with E-state index in [1.807, 2.05) is 24.3 Å². The molecule has 2 aromatic carbocycles. The smallest absolute Gasteiger partial charge is 0.255 e. The van der Waals surface area contributed by atoms with Gasteiger partial charge in [0, 0.05) is 32.3 Å². The van der Waals surface area contributed by atoms with Crippen molar-refractivity contribution in [2.75, 3.05) is 54.7 Å². The first-order valence-corrected chi connectivity index (χ1v) is 11.1. The molecule has 0 aliphatic carbocycles. The molecule has 8 nitrogen and oxygen atoms in total. The number of likely N-dealkylation sites (N-methyl/N-ethyl adjacent to an activating group) is 1. The van der Waals surface area contributed by atoms with Crippen molar-refractivity contribution in [2.45, 2.75) is 25.4 Å². The van der Waals surface area contributed by atoms with Gasteiger partial charge in [0.05, 0.1) is 26.9 Å². The van der Waals surface area contributed by atoms with E-state index in [-0.39, 0.29) is 5.91 Å². The molecule has 1 saturated heterocycles. The molecule has 1 aliphatic heterocycles. The fourth-order valence-corrected chi connectivity index (χ4v) is 3.92. The van der Waals surface area contributed by atoms with Crippen LogP contribution in [0.3, 0.4) is 0 Å². The first-order valence-electron chi connectivity index (χ1n) is 11.1. The normalized spacial score (nSPS) is 14.1. The van der Waals surface area contributed by atoms with Gasteiger partial charge in [0.1, 0.15) is 12.4 Å². The molecular formula is C25H34N2O6. The van der Waals surface area contributed by atoms with Crippen molar-refractivity contribution >= 4 is 5.91 Å². The Labute approximate surface area is 195 Å². The summed E-state index contributed by atoms with van der Waals surface area (Å²) in [5, 5.41) is 2.93. The molecule has 2 aromatic rings. The zero-order chi connectivity index (χ0) is 23.6. The van der Waals surface area contributed by atoms with Crippen molar-refractivity contribution in [1.29, 1.82) is 0 Å². The Hall–Kier alpha value is -2.97. The third-order valence-corrected chi connectivity index (χ3v) is 5.83. The molecule has 8 heteroatoms. The molecule has 1 amide bonds. The van der Waals surface area contributed by atoms with Gasteiger partial charge < -0.3 is 29.0 Å². The molecule has 1 aliphatic rings. The molecule has 3 rings (SSSR count). The van der Waals surface area contributed by atoms with Gasteiger partial charge in [-0.1, -0.05) is 12.1 Å². The van der Waals surface area contributed by atoms with E-state index in [4.69, 9.17) is 23.7 Å². The summed E-state index contributed by atoms with van der Waals surface area (Å²) in [4.78, 5) is 15.2. The minimum atomic E-state index is -0.266. The highest BCUT2D eigenvalue weighted by Gasteiger charge is 2.21. The van der Waals surface area contributed by atoms with Crippen LogP contribution in [0.15, 0.2) is 36.4 Å². The molecule has 33 heavy (non-hydrogen) atoms. The number of carbonyl (C=O) groups excluding carboxylic acids is 1. The number of amides is 1. The van der Waals surface area contributed by atoms with Gasteiger partial charge >= 0.3 is 0 Å². The number of hydrogen-bond acceptors (Lipinski definition) is 7. The first kappa shape index (κ1) is 24.7. The van der Waals surface area contributed by atoms with Gasteiger partial charge in [0.2, 0.25) is 5.75 Å². The van der Waals surface area contributed by atoms with E-state index >= 15 is 0 Å². The van der Waals surface area contributed by atoms with Crippen molar-refractivity contribution in [3.8, 4) is 23.0 Å². The second kappa shape index (κ2) is 12.3. The number of ether oxygens (including phenoxy) is 5. The zero-order valence-electron chi connectivity index (χ0n) is 19.9. The average Bonchev–Trinajstić information content (AvgIpc) is 2.86. The summed E-state index contributed by atoms with van der Waals surface area (Å²) < 4.78 is 27.4. The van der Waals surface area contributed by atoms with E-state index in [0.29, 0.717) is 42.0 Å². The number of nitrogens with zero attached hydrogens (tertiary/aromatic N) is 1. The molecular weight excluding hydrogens is 424 g/mol. The van der Waals surface area contributed by atoms with Gasteiger partial charge in [-0.15, -0.1) is 0 Å². The van der Waals surface area contributed by atoms with Crippen molar-refractivity contribution in [1.82, 2.24) is 10.2 Å². The summed E-state index contributed by atoms with van der Waals surface area (Å²) in [6.45, 7) is 3.48. The van der Waals surface area contributed by atoms with E-state index < -0.39 is 0 Å². The second-order valence-corrected chi connectivity index (χ2v) is 7.88. The predicted molar refractivity (Wildman–Crippen MR) is 126 cm³/mol. The lowest BCUT2D eigenvalue weighted by atomic mass is 10.1. The molecule has 0 spiro atoms. The van der Waals surface area contributed by atoms with Gasteiger partial charge in [-0.25, -0.2) is 0 Å². The second-order valence-electron chi connectivity index (χ2n) is 7.88. The number of hydrogen-bond donors (Lipinski definition) is 1. The summed E-state index contributed by atoms with van der Waals surface area (Å²) in [6, 6.07) is 11.6. The quantitative estimate of drug-likeness (QED) is 0.554. The molecule has 0 unspecified atom stereocenters. The molecule has 180 valence electrons. The third kappa shape index (κ3) is 6.52. The molecule has 1 heterocycles. The van der Waals surface area contributed by atoms with E-state index in [1.54, 1.807) is 12.1 Å². The fourth-order valence-electron chi connectivity index (χ4n) is 3.92.